The van der Waals surface area contributed by atoms with Gasteiger partial charge in [-0.05, 0) is 18.8 Å². The molecule has 0 unspecified atom stereocenters. The fourth-order valence-electron chi connectivity index (χ4n) is 3.24. The Balaban J connectivity index is 1.58. The molecule has 0 spiro atoms. The number of carbonyl (C=O) groups excluding carboxylic acids is 2. The molecule has 0 aromatic rings. The van der Waals surface area contributed by atoms with Crippen molar-refractivity contribution in [1.82, 2.24) is 9.80 Å². The predicted molar refractivity (Wildman–Crippen MR) is 90.8 cm³/mol. The van der Waals surface area contributed by atoms with Gasteiger partial charge in [-0.3, -0.25) is 14.6 Å². The van der Waals surface area contributed by atoms with Crippen molar-refractivity contribution < 1.29 is 18.0 Å². The molecule has 3 heterocycles. The van der Waals surface area contributed by atoms with E-state index in [-0.39, 0.29) is 47.2 Å². The van der Waals surface area contributed by atoms with Crippen molar-refractivity contribution in [3.63, 3.8) is 0 Å². The number of nitrogens with zero attached hydrogens (tertiary/aromatic N) is 3. The van der Waals surface area contributed by atoms with Crippen molar-refractivity contribution in [2.75, 3.05) is 44.2 Å². The molecule has 2 saturated heterocycles. The number of halogens is 1. The summed E-state index contributed by atoms with van der Waals surface area (Å²) in [6.45, 7) is 1.94. The molecule has 132 valence electrons. The zero-order valence-corrected chi connectivity index (χ0v) is 14.9. The third-order valence-electron chi connectivity index (χ3n) is 4.73. The number of amides is 1. The first-order valence-electron chi connectivity index (χ1n) is 8.01. The molecule has 24 heavy (non-hydrogen) atoms. The predicted octanol–water partition coefficient (Wildman–Crippen LogP) is 0.0593. The fourth-order valence-corrected chi connectivity index (χ4v) is 5.06. The van der Waals surface area contributed by atoms with Gasteiger partial charge in [0.2, 0.25) is 5.91 Å². The van der Waals surface area contributed by atoms with Gasteiger partial charge < -0.3 is 9.80 Å². The molecule has 0 saturated carbocycles. The number of dihydropyridines is 1. The van der Waals surface area contributed by atoms with E-state index in [1.807, 2.05) is 0 Å². The highest BCUT2D eigenvalue weighted by molar-refractivity contribution is 7.91. The monoisotopic (exact) mass is 373 g/mol. The molecule has 1 amide bonds. The number of aliphatic imine (C=N–C) groups is 1. The Hall–Kier alpha value is -1.41. The number of carbonyl (C=O) groups is 2. The molecule has 3 rings (SSSR count). The lowest BCUT2D eigenvalue weighted by Crippen LogP contribution is -2.52. The number of rotatable bonds is 3. The van der Waals surface area contributed by atoms with Gasteiger partial charge in [0.25, 0.3) is 0 Å². The summed E-state index contributed by atoms with van der Waals surface area (Å²) in [6, 6.07) is 0. The van der Waals surface area contributed by atoms with Gasteiger partial charge >= 0.3 is 0 Å². The molecular weight excluding hydrogens is 354 g/mol. The van der Waals surface area contributed by atoms with Crippen LogP contribution >= 0.6 is 11.6 Å². The highest BCUT2D eigenvalue weighted by atomic mass is 35.5. The number of allylic oxidation sites excluding steroid dienone is 1. The Kier molecular flexibility index (Phi) is 4.96. The number of Topliss-reactive ketones (excluding diaryl/α,β-unsaturated/α-hetero) is 1. The number of piperazine rings is 1. The molecule has 0 aromatic heterocycles. The molecule has 0 N–H and O–H groups in total. The van der Waals surface area contributed by atoms with Crippen LogP contribution in [-0.4, -0.2) is 80.4 Å². The van der Waals surface area contributed by atoms with Crippen LogP contribution < -0.4 is 0 Å². The van der Waals surface area contributed by atoms with Crippen LogP contribution in [0.25, 0.3) is 0 Å². The minimum atomic E-state index is -2.88. The van der Waals surface area contributed by atoms with Crippen LogP contribution in [0.5, 0.6) is 0 Å². The standard InChI is InChI=1S/C15H20ClN3O4S/c16-15-12(7-17-8-13(15)20)18-3-4-19(14(21)10-18)9-11-1-5-24(22,23)6-2-11/h7,11H,1-6,8-10H2. The van der Waals surface area contributed by atoms with Gasteiger partial charge in [-0.1, -0.05) is 11.6 Å². The van der Waals surface area contributed by atoms with Crippen LogP contribution in [0.15, 0.2) is 15.7 Å². The summed E-state index contributed by atoms with van der Waals surface area (Å²) in [5.41, 5.74) is 0.518. The SMILES string of the molecule is O=C1CN=CC(N2CCN(CC3CCS(=O)(=O)CC3)C(=O)C2)=C1Cl. The number of ketones is 1. The maximum Gasteiger partial charge on any atom is 0.242 e. The van der Waals surface area contributed by atoms with Gasteiger partial charge in [-0.15, -0.1) is 0 Å². The lowest BCUT2D eigenvalue weighted by atomic mass is 10.0. The summed E-state index contributed by atoms with van der Waals surface area (Å²) in [6.07, 6.45) is 2.79. The van der Waals surface area contributed by atoms with Gasteiger partial charge in [-0.2, -0.15) is 0 Å². The molecule has 7 nitrogen and oxygen atoms in total. The second-order valence-electron chi connectivity index (χ2n) is 6.45. The van der Waals surface area contributed by atoms with Crippen molar-refractivity contribution in [2.45, 2.75) is 12.8 Å². The first-order chi connectivity index (χ1) is 11.4. The van der Waals surface area contributed by atoms with Crippen molar-refractivity contribution in [3.05, 3.63) is 10.7 Å². The van der Waals surface area contributed by atoms with Crippen molar-refractivity contribution >= 4 is 39.3 Å². The maximum absolute atomic E-state index is 12.4. The average Bonchev–Trinajstić information content (AvgIpc) is 2.54. The van der Waals surface area contributed by atoms with Crippen LogP contribution in [0.2, 0.25) is 0 Å². The molecule has 3 aliphatic heterocycles. The van der Waals surface area contributed by atoms with Crippen LogP contribution in [0.1, 0.15) is 12.8 Å². The molecule has 0 aromatic carbocycles. The van der Waals surface area contributed by atoms with Gasteiger partial charge in [0.15, 0.2) is 5.78 Å². The van der Waals surface area contributed by atoms with Gasteiger partial charge in [-0.25, -0.2) is 8.42 Å². The summed E-state index contributed by atoms with van der Waals surface area (Å²) in [5, 5.41) is 0.142. The van der Waals surface area contributed by atoms with Crippen molar-refractivity contribution in [3.8, 4) is 0 Å². The lowest BCUT2D eigenvalue weighted by Gasteiger charge is -2.38. The van der Waals surface area contributed by atoms with E-state index in [4.69, 9.17) is 11.6 Å². The molecule has 0 radical (unpaired) electrons. The second kappa shape index (κ2) is 6.84. The molecule has 2 fully saturated rings. The zero-order valence-electron chi connectivity index (χ0n) is 13.3. The van der Waals surface area contributed by atoms with E-state index >= 15 is 0 Å². The van der Waals surface area contributed by atoms with Crippen molar-refractivity contribution in [2.24, 2.45) is 10.9 Å². The average molecular weight is 374 g/mol. The lowest BCUT2D eigenvalue weighted by molar-refractivity contribution is -0.135. The Labute approximate surface area is 146 Å². The van der Waals surface area contributed by atoms with E-state index in [0.29, 0.717) is 38.2 Å². The molecule has 3 aliphatic rings. The minimum Gasteiger partial charge on any atom is -0.358 e. The third kappa shape index (κ3) is 3.80. The Morgan fingerprint density at radius 2 is 1.92 bits per heavy atom. The minimum absolute atomic E-state index is 0.0296. The van der Waals surface area contributed by atoms with E-state index in [1.54, 1.807) is 16.0 Å². The summed E-state index contributed by atoms with van der Waals surface area (Å²) in [7, 11) is -2.88. The Bertz CT molecular complexity index is 702. The van der Waals surface area contributed by atoms with Crippen LogP contribution in [0, 0.1) is 5.92 Å². The molecule has 0 aliphatic carbocycles. The first-order valence-corrected chi connectivity index (χ1v) is 10.2. The van der Waals surface area contributed by atoms with Crippen LogP contribution in [0.4, 0.5) is 0 Å². The van der Waals surface area contributed by atoms with E-state index in [9.17, 15) is 18.0 Å². The quantitative estimate of drug-likeness (QED) is 0.698. The highest BCUT2D eigenvalue weighted by Crippen LogP contribution is 2.23. The van der Waals surface area contributed by atoms with E-state index in [2.05, 4.69) is 4.99 Å². The maximum atomic E-state index is 12.4. The summed E-state index contributed by atoms with van der Waals surface area (Å²) < 4.78 is 23.0. The van der Waals surface area contributed by atoms with Gasteiger partial charge in [0.1, 0.15) is 21.4 Å². The fraction of sp³-hybridized carbons (Fsp3) is 0.667. The first kappa shape index (κ1) is 17.4. The van der Waals surface area contributed by atoms with Gasteiger partial charge in [0.05, 0.1) is 23.7 Å². The van der Waals surface area contributed by atoms with Crippen LogP contribution in [0.3, 0.4) is 0 Å². The van der Waals surface area contributed by atoms with Crippen LogP contribution in [-0.2, 0) is 19.4 Å². The topological polar surface area (TPSA) is 87.1 Å². The Morgan fingerprint density at radius 3 is 2.58 bits per heavy atom. The van der Waals surface area contributed by atoms with Gasteiger partial charge in [0, 0.05) is 25.8 Å². The zero-order chi connectivity index (χ0) is 17.3. The summed E-state index contributed by atoms with van der Waals surface area (Å²) >= 11 is 6.05. The summed E-state index contributed by atoms with van der Waals surface area (Å²) in [5.74, 6) is 0.412. The normalized spacial score (nSPS) is 25.5. The van der Waals surface area contributed by atoms with E-state index in [1.165, 1.54) is 0 Å². The number of hydrogen-bond acceptors (Lipinski definition) is 6. The molecular formula is C15H20ClN3O4S. The van der Waals surface area contributed by atoms with Crippen molar-refractivity contribution in [1.29, 1.82) is 0 Å². The second-order valence-corrected chi connectivity index (χ2v) is 9.13. The molecule has 9 heteroatoms. The smallest absolute Gasteiger partial charge is 0.242 e. The highest BCUT2D eigenvalue weighted by Gasteiger charge is 2.31. The largest absolute Gasteiger partial charge is 0.358 e. The van der Waals surface area contributed by atoms with E-state index in [0.717, 1.165) is 0 Å². The van der Waals surface area contributed by atoms with E-state index < -0.39 is 9.84 Å². The molecule has 0 bridgehead atoms. The molecule has 0 atom stereocenters. The Morgan fingerprint density at radius 1 is 1.21 bits per heavy atom. The third-order valence-corrected chi connectivity index (χ3v) is 6.85. The number of sulfone groups is 1. The summed E-state index contributed by atoms with van der Waals surface area (Å²) in [4.78, 5) is 31.6. The number of hydrogen-bond donors (Lipinski definition) is 0.